The molecule has 2 aliphatic rings. The van der Waals surface area contributed by atoms with E-state index in [0.717, 1.165) is 43.6 Å². The van der Waals surface area contributed by atoms with Crippen molar-refractivity contribution >= 4 is 34.9 Å². The van der Waals surface area contributed by atoms with Gasteiger partial charge in [-0.15, -0.1) is 0 Å². The predicted molar refractivity (Wildman–Crippen MR) is 117 cm³/mol. The molecular formula is C20H28N6O2S. The van der Waals surface area contributed by atoms with E-state index >= 15 is 0 Å². The smallest absolute Gasteiger partial charge is 0.232 e. The van der Waals surface area contributed by atoms with Crippen LogP contribution in [0.1, 0.15) is 25.5 Å². The van der Waals surface area contributed by atoms with Gasteiger partial charge in [0, 0.05) is 32.2 Å². The van der Waals surface area contributed by atoms with E-state index in [0.29, 0.717) is 36.7 Å². The molecule has 156 valence electrons. The van der Waals surface area contributed by atoms with Crippen molar-refractivity contribution in [3.63, 3.8) is 0 Å². The van der Waals surface area contributed by atoms with E-state index in [1.807, 2.05) is 12.1 Å². The summed E-state index contributed by atoms with van der Waals surface area (Å²) < 4.78 is 10.8. The number of furan rings is 1. The lowest BCUT2D eigenvalue weighted by Gasteiger charge is -2.33. The van der Waals surface area contributed by atoms with Crippen LogP contribution in [0.15, 0.2) is 28.9 Å². The molecule has 1 atom stereocenters. The van der Waals surface area contributed by atoms with Gasteiger partial charge in [-0.25, -0.2) is 0 Å². The summed E-state index contributed by atoms with van der Waals surface area (Å²) in [5.74, 6) is 3.86. The number of morpholine rings is 1. The lowest BCUT2D eigenvalue weighted by molar-refractivity contribution is 0.122. The summed E-state index contributed by atoms with van der Waals surface area (Å²) in [6.45, 7) is 7.92. The van der Waals surface area contributed by atoms with Gasteiger partial charge in [0.15, 0.2) is 5.11 Å². The van der Waals surface area contributed by atoms with Crippen molar-refractivity contribution < 1.29 is 9.15 Å². The zero-order valence-corrected chi connectivity index (χ0v) is 17.6. The Labute approximate surface area is 176 Å². The van der Waals surface area contributed by atoms with Gasteiger partial charge in [-0.2, -0.15) is 9.97 Å². The van der Waals surface area contributed by atoms with Gasteiger partial charge in [0.2, 0.25) is 5.95 Å². The first-order valence-electron chi connectivity index (χ1n) is 10.2. The van der Waals surface area contributed by atoms with Crippen LogP contribution in [0.3, 0.4) is 0 Å². The van der Waals surface area contributed by atoms with Gasteiger partial charge < -0.3 is 29.6 Å². The number of hydrogen-bond donors (Lipinski definition) is 2. The van der Waals surface area contributed by atoms with E-state index in [1.165, 1.54) is 12.8 Å². The third kappa shape index (κ3) is 5.36. The van der Waals surface area contributed by atoms with Crippen LogP contribution in [0.4, 0.5) is 17.6 Å². The van der Waals surface area contributed by atoms with Crippen molar-refractivity contribution in [3.05, 3.63) is 30.2 Å². The molecule has 0 bridgehead atoms. The maximum atomic E-state index is 5.49. The Hall–Kier alpha value is -2.39. The minimum absolute atomic E-state index is 0.471. The van der Waals surface area contributed by atoms with E-state index in [4.69, 9.17) is 31.3 Å². The topological polar surface area (TPSA) is 78.7 Å². The summed E-state index contributed by atoms with van der Waals surface area (Å²) in [4.78, 5) is 14.1. The summed E-state index contributed by atoms with van der Waals surface area (Å²) in [6, 6.07) is 5.85. The van der Waals surface area contributed by atoms with Crippen molar-refractivity contribution in [3.8, 4) is 0 Å². The molecule has 0 unspecified atom stereocenters. The summed E-state index contributed by atoms with van der Waals surface area (Å²) in [7, 11) is 0. The van der Waals surface area contributed by atoms with Gasteiger partial charge in [-0.1, -0.05) is 6.92 Å². The highest BCUT2D eigenvalue weighted by Crippen LogP contribution is 2.26. The Balaban J connectivity index is 1.51. The monoisotopic (exact) mass is 416 g/mol. The normalized spacial score (nSPS) is 19.8. The number of thiocarbonyl (C=S) groups is 1. The molecule has 0 aliphatic carbocycles. The molecule has 29 heavy (non-hydrogen) atoms. The third-order valence-electron chi connectivity index (χ3n) is 5.24. The second-order valence-electron chi connectivity index (χ2n) is 7.59. The molecule has 2 aromatic heterocycles. The SMILES string of the molecule is C[C@@H]1CCCN(c2cc(N3CCOCC3)nc(NC(=S)NCc3ccco3)n2)C1. The fraction of sp³-hybridized carbons (Fsp3) is 0.550. The van der Waals surface area contributed by atoms with E-state index in [-0.39, 0.29) is 0 Å². The maximum Gasteiger partial charge on any atom is 0.232 e. The van der Waals surface area contributed by atoms with Crippen LogP contribution >= 0.6 is 12.2 Å². The molecule has 9 heteroatoms. The molecule has 0 spiro atoms. The zero-order chi connectivity index (χ0) is 20.1. The number of nitrogens with one attached hydrogen (secondary N) is 2. The van der Waals surface area contributed by atoms with Gasteiger partial charge in [-0.05, 0) is 43.1 Å². The number of aromatic nitrogens is 2. The molecule has 0 saturated carbocycles. The quantitative estimate of drug-likeness (QED) is 0.715. The molecule has 4 heterocycles. The van der Waals surface area contributed by atoms with Crippen LogP contribution in [-0.2, 0) is 11.3 Å². The van der Waals surface area contributed by atoms with Crippen molar-refractivity contribution in [1.29, 1.82) is 0 Å². The maximum absolute atomic E-state index is 5.49. The van der Waals surface area contributed by atoms with Crippen LogP contribution < -0.4 is 20.4 Å². The number of nitrogens with zero attached hydrogens (tertiary/aromatic N) is 4. The Morgan fingerprint density at radius 2 is 2.00 bits per heavy atom. The Bertz CT molecular complexity index is 809. The predicted octanol–water partition coefficient (Wildman–Crippen LogP) is 2.63. The van der Waals surface area contributed by atoms with E-state index in [2.05, 4.69) is 33.4 Å². The van der Waals surface area contributed by atoms with Gasteiger partial charge in [0.1, 0.15) is 17.4 Å². The van der Waals surface area contributed by atoms with Crippen molar-refractivity contribution in [1.82, 2.24) is 15.3 Å². The highest BCUT2D eigenvalue weighted by Gasteiger charge is 2.21. The molecule has 2 saturated heterocycles. The third-order valence-corrected chi connectivity index (χ3v) is 5.49. The van der Waals surface area contributed by atoms with Gasteiger partial charge >= 0.3 is 0 Å². The fourth-order valence-electron chi connectivity index (χ4n) is 3.72. The first-order chi connectivity index (χ1) is 14.2. The molecular weight excluding hydrogens is 388 g/mol. The number of hydrogen-bond acceptors (Lipinski definition) is 7. The second kappa shape index (κ2) is 9.41. The standard InChI is InChI=1S/C20H28N6O2S/c1-15-4-2-6-26(14-15)18-12-17(25-7-10-27-11-8-25)22-19(23-18)24-20(29)21-13-16-5-3-9-28-16/h3,5,9,12,15H,2,4,6-8,10-11,13-14H2,1H3,(H2,21,22,23,24,29)/t15-/m1/s1. The molecule has 0 amide bonds. The van der Waals surface area contributed by atoms with Crippen LogP contribution in [-0.4, -0.2) is 54.5 Å². The van der Waals surface area contributed by atoms with E-state index in [9.17, 15) is 0 Å². The number of anilines is 3. The minimum atomic E-state index is 0.471. The van der Waals surface area contributed by atoms with Gasteiger partial charge in [0.05, 0.1) is 26.0 Å². The Morgan fingerprint density at radius 3 is 2.72 bits per heavy atom. The van der Waals surface area contributed by atoms with E-state index in [1.54, 1.807) is 6.26 Å². The first-order valence-corrected chi connectivity index (χ1v) is 10.6. The van der Waals surface area contributed by atoms with Gasteiger partial charge in [0.25, 0.3) is 0 Å². The summed E-state index contributed by atoms with van der Waals surface area (Å²) in [5.41, 5.74) is 0. The molecule has 2 N–H and O–H groups in total. The molecule has 4 rings (SSSR count). The van der Waals surface area contributed by atoms with Crippen LogP contribution in [0.25, 0.3) is 0 Å². The van der Waals surface area contributed by atoms with Crippen molar-refractivity contribution in [2.45, 2.75) is 26.3 Å². The highest BCUT2D eigenvalue weighted by atomic mass is 32.1. The van der Waals surface area contributed by atoms with E-state index < -0.39 is 0 Å². The van der Waals surface area contributed by atoms with Crippen molar-refractivity contribution in [2.24, 2.45) is 5.92 Å². The first kappa shape index (κ1) is 19.9. The second-order valence-corrected chi connectivity index (χ2v) is 8.00. The van der Waals surface area contributed by atoms with Crippen LogP contribution in [0, 0.1) is 5.92 Å². The molecule has 2 aliphatic heterocycles. The number of rotatable bonds is 5. The molecule has 0 radical (unpaired) electrons. The Kier molecular flexibility index (Phi) is 6.46. The largest absolute Gasteiger partial charge is 0.467 e. The van der Waals surface area contributed by atoms with Crippen LogP contribution in [0.5, 0.6) is 0 Å². The summed E-state index contributed by atoms with van der Waals surface area (Å²) in [6.07, 6.45) is 4.10. The zero-order valence-electron chi connectivity index (χ0n) is 16.8. The van der Waals surface area contributed by atoms with Crippen molar-refractivity contribution in [2.75, 3.05) is 54.5 Å². The highest BCUT2D eigenvalue weighted by molar-refractivity contribution is 7.80. The lowest BCUT2D eigenvalue weighted by atomic mass is 10.0. The number of ether oxygens (including phenoxy) is 1. The molecule has 8 nitrogen and oxygen atoms in total. The van der Waals surface area contributed by atoms with Gasteiger partial charge in [-0.3, -0.25) is 0 Å². The minimum Gasteiger partial charge on any atom is -0.467 e. The summed E-state index contributed by atoms with van der Waals surface area (Å²) >= 11 is 5.44. The van der Waals surface area contributed by atoms with Crippen LogP contribution in [0.2, 0.25) is 0 Å². The average Bonchev–Trinajstić information content (AvgIpc) is 3.26. The lowest BCUT2D eigenvalue weighted by Crippen LogP contribution is -2.38. The average molecular weight is 417 g/mol. The molecule has 0 aromatic carbocycles. The molecule has 2 aromatic rings. The number of piperidine rings is 1. The Morgan fingerprint density at radius 1 is 1.21 bits per heavy atom. The molecule has 2 fully saturated rings. The summed E-state index contributed by atoms with van der Waals surface area (Å²) in [5, 5.41) is 6.76. The fourth-order valence-corrected chi connectivity index (χ4v) is 3.88.